The molecule has 0 aliphatic heterocycles. The molecular formula is C20H20FNO2. The summed E-state index contributed by atoms with van der Waals surface area (Å²) in [4.78, 5) is 12.3. The number of benzene rings is 2. The minimum atomic E-state index is -2.79. The van der Waals surface area contributed by atoms with Crippen molar-refractivity contribution >= 4 is 5.97 Å². The number of carbonyl (C=O) groups is 1. The molecular weight excluding hydrogens is 305 g/mol. The molecule has 2 atom stereocenters. The molecule has 0 radical (unpaired) electrons. The lowest BCUT2D eigenvalue weighted by Crippen LogP contribution is -2.35. The van der Waals surface area contributed by atoms with Crippen molar-refractivity contribution in [2.75, 3.05) is 0 Å². The van der Waals surface area contributed by atoms with Crippen LogP contribution >= 0.6 is 0 Å². The number of esters is 1. The van der Waals surface area contributed by atoms with Crippen LogP contribution in [0.1, 0.15) is 30.0 Å². The van der Waals surface area contributed by atoms with E-state index in [4.69, 9.17) is 4.74 Å². The highest BCUT2D eigenvalue weighted by atomic mass is 19.1. The van der Waals surface area contributed by atoms with E-state index in [-0.39, 0.29) is 5.56 Å². The van der Waals surface area contributed by atoms with Gasteiger partial charge in [-0.05, 0) is 18.9 Å². The molecule has 0 fully saturated rings. The van der Waals surface area contributed by atoms with Crippen molar-refractivity contribution in [3.63, 3.8) is 0 Å². The third kappa shape index (κ3) is 3.99. The van der Waals surface area contributed by atoms with Crippen LogP contribution in [0.25, 0.3) is 0 Å². The normalized spacial score (nSPS) is 14.2. The van der Waals surface area contributed by atoms with Crippen molar-refractivity contribution in [1.82, 2.24) is 0 Å². The lowest BCUT2D eigenvalue weighted by atomic mass is 9.96. The Kier molecular flexibility index (Phi) is 5.70. The van der Waals surface area contributed by atoms with Crippen LogP contribution in [0.4, 0.5) is 4.39 Å². The van der Waals surface area contributed by atoms with E-state index in [1.165, 1.54) is 18.2 Å². The smallest absolute Gasteiger partial charge is 0.364 e. The summed E-state index contributed by atoms with van der Waals surface area (Å²) < 4.78 is 20.3. The summed E-state index contributed by atoms with van der Waals surface area (Å²) in [6, 6.07) is 17.2. The molecule has 2 aromatic carbocycles. The van der Waals surface area contributed by atoms with E-state index in [1.54, 1.807) is 12.1 Å². The Balaban J connectivity index is 2.15. The van der Waals surface area contributed by atoms with Gasteiger partial charge in [0.05, 0.1) is 0 Å². The van der Waals surface area contributed by atoms with Gasteiger partial charge in [0.1, 0.15) is 12.2 Å². The highest BCUT2D eigenvalue weighted by Crippen LogP contribution is 2.28. The van der Waals surface area contributed by atoms with Crippen molar-refractivity contribution in [1.29, 1.82) is 5.26 Å². The number of hydrogen-bond donors (Lipinski definition) is 0. The fourth-order valence-electron chi connectivity index (χ4n) is 2.39. The fourth-order valence-corrected chi connectivity index (χ4v) is 2.39. The second-order valence-electron chi connectivity index (χ2n) is 5.76. The fraction of sp³-hybridized carbons (Fsp3) is 0.300. The van der Waals surface area contributed by atoms with E-state index in [0.29, 0.717) is 12.8 Å². The maximum atomic E-state index is 15.0. The van der Waals surface area contributed by atoms with Crippen LogP contribution in [-0.4, -0.2) is 12.1 Å². The second-order valence-corrected chi connectivity index (χ2v) is 5.76. The summed E-state index contributed by atoms with van der Waals surface area (Å²) in [7, 11) is 0. The Bertz CT molecular complexity index is 722. The largest absolute Gasteiger partial charge is 0.459 e. The van der Waals surface area contributed by atoms with Crippen molar-refractivity contribution in [3.8, 4) is 6.07 Å². The third-order valence-corrected chi connectivity index (χ3v) is 3.92. The molecule has 0 bridgehead atoms. The zero-order valence-electron chi connectivity index (χ0n) is 13.8. The van der Waals surface area contributed by atoms with Crippen LogP contribution in [0.5, 0.6) is 0 Å². The molecule has 0 saturated carbocycles. The van der Waals surface area contributed by atoms with Gasteiger partial charge in [0.15, 0.2) is 0 Å². The summed E-state index contributed by atoms with van der Waals surface area (Å²) >= 11 is 0. The summed E-state index contributed by atoms with van der Waals surface area (Å²) in [5.41, 5.74) is -0.885. The zero-order chi connectivity index (χ0) is 17.6. The first-order valence-corrected chi connectivity index (χ1v) is 7.92. The van der Waals surface area contributed by atoms with E-state index in [0.717, 1.165) is 11.1 Å². The van der Waals surface area contributed by atoms with Gasteiger partial charge in [-0.2, -0.15) is 5.26 Å². The van der Waals surface area contributed by atoms with Gasteiger partial charge in [0.2, 0.25) is 0 Å². The van der Waals surface area contributed by atoms with Crippen molar-refractivity contribution in [2.24, 2.45) is 0 Å². The van der Waals surface area contributed by atoms with Crippen LogP contribution < -0.4 is 0 Å². The minimum absolute atomic E-state index is 0.00448. The molecule has 3 nitrogen and oxygen atoms in total. The average molecular weight is 325 g/mol. The van der Waals surface area contributed by atoms with Crippen molar-refractivity contribution < 1.29 is 13.9 Å². The molecule has 0 aliphatic carbocycles. The maximum absolute atomic E-state index is 15.0. The van der Waals surface area contributed by atoms with Crippen LogP contribution in [-0.2, 0) is 21.6 Å². The van der Waals surface area contributed by atoms with Gasteiger partial charge in [-0.3, -0.25) is 0 Å². The molecule has 0 N–H and O–H groups in total. The number of ether oxygens (including phenoxy) is 1. The Hall–Kier alpha value is -2.67. The average Bonchev–Trinajstić information content (AvgIpc) is 2.61. The molecule has 124 valence electrons. The van der Waals surface area contributed by atoms with Gasteiger partial charge in [-0.15, -0.1) is 0 Å². The highest BCUT2D eigenvalue weighted by Gasteiger charge is 2.43. The lowest BCUT2D eigenvalue weighted by molar-refractivity contribution is -0.160. The topological polar surface area (TPSA) is 50.1 Å². The molecule has 0 amide bonds. The van der Waals surface area contributed by atoms with E-state index in [1.807, 2.05) is 44.2 Å². The van der Waals surface area contributed by atoms with Gasteiger partial charge < -0.3 is 4.74 Å². The van der Waals surface area contributed by atoms with Crippen LogP contribution in [0.3, 0.4) is 0 Å². The lowest BCUT2D eigenvalue weighted by Gasteiger charge is -2.22. The Morgan fingerprint density at radius 1 is 1.21 bits per heavy atom. The SMILES string of the molecule is CC[C@@H](Cc1ccccc1)OC(=O)[C@](F)(C#N)c1ccc(C)cc1. The van der Waals surface area contributed by atoms with E-state index in [2.05, 4.69) is 0 Å². The third-order valence-electron chi connectivity index (χ3n) is 3.92. The molecule has 2 aromatic rings. The Labute approximate surface area is 141 Å². The molecule has 24 heavy (non-hydrogen) atoms. The van der Waals surface area contributed by atoms with E-state index < -0.39 is 17.7 Å². The number of aryl methyl sites for hydroxylation is 1. The number of rotatable bonds is 6. The summed E-state index contributed by atoms with van der Waals surface area (Å²) in [5, 5.41) is 9.23. The molecule has 4 heteroatoms. The number of nitrogens with zero attached hydrogens (tertiary/aromatic N) is 1. The molecule has 0 aliphatic rings. The number of halogens is 1. The summed E-state index contributed by atoms with van der Waals surface area (Å²) in [5.74, 6) is -1.16. The Morgan fingerprint density at radius 2 is 1.83 bits per heavy atom. The number of carbonyl (C=O) groups excluding carboxylic acids is 1. The first-order valence-electron chi connectivity index (χ1n) is 7.92. The van der Waals surface area contributed by atoms with Gasteiger partial charge in [0, 0.05) is 12.0 Å². The molecule has 0 aromatic heterocycles. The second kappa shape index (κ2) is 7.74. The summed E-state index contributed by atoms with van der Waals surface area (Å²) in [6.07, 6.45) is 0.544. The maximum Gasteiger partial charge on any atom is 0.364 e. The zero-order valence-corrected chi connectivity index (χ0v) is 13.8. The number of alkyl halides is 1. The van der Waals surface area contributed by atoms with Gasteiger partial charge >= 0.3 is 11.6 Å². The van der Waals surface area contributed by atoms with Crippen LogP contribution in [0.15, 0.2) is 54.6 Å². The molecule has 2 rings (SSSR count). The monoisotopic (exact) mass is 325 g/mol. The minimum Gasteiger partial charge on any atom is -0.459 e. The molecule has 0 heterocycles. The standard InChI is InChI=1S/C20H20FNO2/c1-3-18(13-16-7-5-4-6-8-16)24-19(23)20(21,14-22)17-11-9-15(2)10-12-17/h4-12,18H,3,13H2,1-2H3/t18-,20-/m0/s1. The van der Waals surface area contributed by atoms with Crippen molar-refractivity contribution in [2.45, 2.75) is 38.5 Å². The first-order chi connectivity index (χ1) is 11.5. The number of nitriles is 1. The Morgan fingerprint density at radius 3 is 2.38 bits per heavy atom. The quantitative estimate of drug-likeness (QED) is 0.746. The van der Waals surface area contributed by atoms with Crippen molar-refractivity contribution in [3.05, 3.63) is 71.3 Å². The molecule has 0 unspecified atom stereocenters. The van der Waals surface area contributed by atoms with Gasteiger partial charge in [-0.25, -0.2) is 9.18 Å². The summed E-state index contributed by atoms with van der Waals surface area (Å²) in [6.45, 7) is 3.71. The number of hydrogen-bond acceptors (Lipinski definition) is 3. The predicted molar refractivity (Wildman–Crippen MR) is 89.9 cm³/mol. The van der Waals surface area contributed by atoms with Gasteiger partial charge in [-0.1, -0.05) is 67.1 Å². The molecule has 0 saturated heterocycles. The van der Waals surface area contributed by atoms with E-state index in [9.17, 15) is 14.4 Å². The first kappa shape index (κ1) is 17.7. The highest BCUT2D eigenvalue weighted by molar-refractivity contribution is 5.84. The predicted octanol–water partition coefficient (Wildman–Crippen LogP) is 4.25. The molecule has 0 spiro atoms. The van der Waals surface area contributed by atoms with Crippen LogP contribution in [0.2, 0.25) is 0 Å². The van der Waals surface area contributed by atoms with Crippen LogP contribution in [0, 0.1) is 18.3 Å². The van der Waals surface area contributed by atoms with E-state index >= 15 is 0 Å². The van der Waals surface area contributed by atoms with Gasteiger partial charge in [0.25, 0.3) is 0 Å².